The van der Waals surface area contributed by atoms with Crippen molar-refractivity contribution in [2.24, 2.45) is 11.8 Å². The third-order valence-electron chi connectivity index (χ3n) is 4.46. The van der Waals surface area contributed by atoms with E-state index in [-0.39, 0.29) is 0 Å². The van der Waals surface area contributed by atoms with Crippen LogP contribution in [0.15, 0.2) is 66.9 Å². The van der Waals surface area contributed by atoms with Crippen LogP contribution in [0.5, 0.6) is 0 Å². The predicted molar refractivity (Wildman–Crippen MR) is 95.6 cm³/mol. The van der Waals surface area contributed by atoms with E-state index in [9.17, 15) is 0 Å². The van der Waals surface area contributed by atoms with Crippen molar-refractivity contribution in [1.29, 1.82) is 0 Å². The van der Waals surface area contributed by atoms with Crippen molar-refractivity contribution in [1.82, 2.24) is 4.98 Å². The zero-order valence-corrected chi connectivity index (χ0v) is 13.4. The van der Waals surface area contributed by atoms with Gasteiger partial charge in [-0.25, -0.2) is 0 Å². The highest BCUT2D eigenvalue weighted by Gasteiger charge is 2.23. The fourth-order valence-corrected chi connectivity index (χ4v) is 3.23. The average Bonchev–Trinajstić information content (AvgIpc) is 2.59. The van der Waals surface area contributed by atoms with Gasteiger partial charge in [0, 0.05) is 11.6 Å². The summed E-state index contributed by atoms with van der Waals surface area (Å²) in [5.74, 6) is 1.03. The quantitative estimate of drug-likeness (QED) is 0.648. The number of hydrogen-bond donors (Lipinski definition) is 0. The molecule has 2 atom stereocenters. The first kappa shape index (κ1) is 14.8. The normalized spacial score (nSPS) is 19.5. The monoisotopic (exact) mass is 289 g/mol. The Balaban J connectivity index is 2.05. The molecule has 0 spiro atoms. The lowest BCUT2D eigenvalue weighted by atomic mass is 9.79. The molecule has 2 unspecified atom stereocenters. The van der Waals surface area contributed by atoms with E-state index >= 15 is 0 Å². The fourth-order valence-electron chi connectivity index (χ4n) is 3.23. The summed E-state index contributed by atoms with van der Waals surface area (Å²) in [6, 6.07) is 10.6. The molecule has 0 radical (unpaired) electrons. The molecule has 2 aromatic rings. The van der Waals surface area contributed by atoms with Gasteiger partial charge in [-0.2, -0.15) is 0 Å². The molecule has 3 rings (SSSR count). The number of allylic oxidation sites excluding steroid dienone is 6. The molecule has 0 bridgehead atoms. The number of fused-ring (bicyclic) bond motifs is 1. The molecule has 1 aromatic carbocycles. The number of pyridine rings is 1. The zero-order valence-electron chi connectivity index (χ0n) is 13.4. The topological polar surface area (TPSA) is 12.9 Å². The molecule has 112 valence electrons. The van der Waals surface area contributed by atoms with Gasteiger partial charge in [0.1, 0.15) is 0 Å². The van der Waals surface area contributed by atoms with Crippen molar-refractivity contribution < 1.29 is 0 Å². The van der Waals surface area contributed by atoms with Crippen LogP contribution in [0.3, 0.4) is 0 Å². The lowest BCUT2D eigenvalue weighted by Gasteiger charge is -2.26. The van der Waals surface area contributed by atoms with E-state index in [1.165, 1.54) is 16.3 Å². The summed E-state index contributed by atoms with van der Waals surface area (Å²) in [7, 11) is 0. The van der Waals surface area contributed by atoms with E-state index in [1.807, 2.05) is 6.20 Å². The van der Waals surface area contributed by atoms with Crippen LogP contribution in [0.4, 0.5) is 0 Å². The van der Waals surface area contributed by atoms with Gasteiger partial charge in [0.05, 0.1) is 5.69 Å². The minimum atomic E-state index is 0.506. The van der Waals surface area contributed by atoms with E-state index < -0.39 is 0 Å². The SMILES string of the molecule is CCC=CC(C)C1CC=CC=C1c1nccc2ccccc12. The third-order valence-corrected chi connectivity index (χ3v) is 4.46. The molecule has 0 N–H and O–H groups in total. The van der Waals surface area contributed by atoms with Gasteiger partial charge in [-0.3, -0.25) is 4.98 Å². The highest BCUT2D eigenvalue weighted by Crippen LogP contribution is 2.37. The lowest BCUT2D eigenvalue weighted by Crippen LogP contribution is -2.14. The van der Waals surface area contributed by atoms with Crippen LogP contribution in [0.25, 0.3) is 16.3 Å². The largest absolute Gasteiger partial charge is 0.256 e. The molecular weight excluding hydrogens is 266 g/mol. The summed E-state index contributed by atoms with van der Waals surface area (Å²) >= 11 is 0. The molecule has 1 aromatic heterocycles. The lowest BCUT2D eigenvalue weighted by molar-refractivity contribution is 0.528. The minimum absolute atomic E-state index is 0.506. The van der Waals surface area contributed by atoms with E-state index in [0.29, 0.717) is 11.8 Å². The molecule has 1 nitrogen and oxygen atoms in total. The summed E-state index contributed by atoms with van der Waals surface area (Å²) in [5.41, 5.74) is 2.51. The average molecular weight is 289 g/mol. The van der Waals surface area contributed by atoms with E-state index in [0.717, 1.165) is 18.5 Å². The summed E-state index contributed by atoms with van der Waals surface area (Å²) in [6.45, 7) is 4.50. The molecule has 0 aliphatic heterocycles. The molecule has 22 heavy (non-hydrogen) atoms. The molecule has 1 heterocycles. The number of benzene rings is 1. The molecule has 0 fully saturated rings. The summed E-state index contributed by atoms with van der Waals surface area (Å²) in [6.07, 6.45) is 15.4. The second-order valence-electron chi connectivity index (χ2n) is 5.97. The highest BCUT2D eigenvalue weighted by atomic mass is 14.7. The third kappa shape index (κ3) is 2.89. The summed E-state index contributed by atoms with van der Waals surface area (Å²) in [4.78, 5) is 4.72. The first-order valence-corrected chi connectivity index (χ1v) is 8.18. The van der Waals surface area contributed by atoms with Gasteiger partial charge in [-0.15, -0.1) is 0 Å². The molecule has 0 saturated carbocycles. The zero-order chi connectivity index (χ0) is 15.4. The Hall–Kier alpha value is -2.15. The van der Waals surface area contributed by atoms with Gasteiger partial charge in [0.2, 0.25) is 0 Å². The Morgan fingerprint density at radius 1 is 1.27 bits per heavy atom. The van der Waals surface area contributed by atoms with Gasteiger partial charge in [0.25, 0.3) is 0 Å². The van der Waals surface area contributed by atoms with Crippen molar-refractivity contribution in [3.63, 3.8) is 0 Å². The highest BCUT2D eigenvalue weighted by molar-refractivity contribution is 5.92. The van der Waals surface area contributed by atoms with Crippen LogP contribution in [-0.2, 0) is 0 Å². The smallest absolute Gasteiger partial charge is 0.0743 e. The van der Waals surface area contributed by atoms with E-state index in [4.69, 9.17) is 4.98 Å². The Bertz CT molecular complexity index is 731. The molecule has 1 aliphatic carbocycles. The van der Waals surface area contributed by atoms with Crippen LogP contribution in [0.1, 0.15) is 32.4 Å². The number of hydrogen-bond acceptors (Lipinski definition) is 1. The van der Waals surface area contributed by atoms with E-state index in [1.54, 1.807) is 0 Å². The maximum atomic E-state index is 4.72. The second-order valence-corrected chi connectivity index (χ2v) is 5.97. The van der Waals surface area contributed by atoms with Crippen molar-refractivity contribution in [3.05, 3.63) is 72.6 Å². The fraction of sp³-hybridized carbons (Fsp3) is 0.286. The molecule has 1 aliphatic rings. The van der Waals surface area contributed by atoms with Crippen molar-refractivity contribution in [3.8, 4) is 0 Å². The van der Waals surface area contributed by atoms with E-state index in [2.05, 4.69) is 74.6 Å². The van der Waals surface area contributed by atoms with Crippen molar-refractivity contribution in [2.75, 3.05) is 0 Å². The minimum Gasteiger partial charge on any atom is -0.256 e. The number of aromatic nitrogens is 1. The van der Waals surface area contributed by atoms with Gasteiger partial charge in [-0.05, 0) is 41.7 Å². The van der Waals surface area contributed by atoms with Crippen LogP contribution in [0.2, 0.25) is 0 Å². The molecule has 0 saturated heterocycles. The first-order chi connectivity index (χ1) is 10.8. The van der Waals surface area contributed by atoms with Gasteiger partial charge in [-0.1, -0.05) is 68.5 Å². The molecule has 1 heteroatoms. The van der Waals surface area contributed by atoms with Crippen LogP contribution in [-0.4, -0.2) is 4.98 Å². The van der Waals surface area contributed by atoms with Crippen molar-refractivity contribution >= 4 is 16.3 Å². The van der Waals surface area contributed by atoms with Crippen LogP contribution in [0, 0.1) is 11.8 Å². The van der Waals surface area contributed by atoms with Crippen LogP contribution >= 0.6 is 0 Å². The molecular formula is C21H23N. The first-order valence-electron chi connectivity index (χ1n) is 8.18. The molecule has 0 amide bonds. The Labute approximate surface area is 133 Å². The Morgan fingerprint density at radius 2 is 2.14 bits per heavy atom. The van der Waals surface area contributed by atoms with Crippen LogP contribution < -0.4 is 0 Å². The van der Waals surface area contributed by atoms with Crippen molar-refractivity contribution in [2.45, 2.75) is 26.7 Å². The van der Waals surface area contributed by atoms with Gasteiger partial charge < -0.3 is 0 Å². The Kier molecular flexibility index (Phi) is 4.53. The predicted octanol–water partition coefficient (Wildman–Crippen LogP) is 5.80. The number of nitrogens with zero attached hydrogens (tertiary/aromatic N) is 1. The van der Waals surface area contributed by atoms with Gasteiger partial charge in [0.15, 0.2) is 0 Å². The maximum absolute atomic E-state index is 4.72. The summed E-state index contributed by atoms with van der Waals surface area (Å²) < 4.78 is 0. The number of rotatable bonds is 4. The standard InChI is InChI=1S/C21H23N/c1-3-4-9-16(2)18-11-7-8-13-20(18)21-19-12-6-5-10-17(19)14-15-22-21/h4-10,12-16,18H,3,11H2,1-2H3. The Morgan fingerprint density at radius 3 is 3.00 bits per heavy atom. The maximum Gasteiger partial charge on any atom is 0.0743 e. The van der Waals surface area contributed by atoms with Gasteiger partial charge >= 0.3 is 0 Å². The second kappa shape index (κ2) is 6.74. The summed E-state index contributed by atoms with van der Waals surface area (Å²) in [5, 5.41) is 2.52.